The predicted molar refractivity (Wildman–Crippen MR) is 121 cm³/mol. The maximum atomic E-state index is 13.9. The maximum absolute atomic E-state index is 13.9. The first-order chi connectivity index (χ1) is 15.3. The summed E-state index contributed by atoms with van der Waals surface area (Å²) < 4.78 is 44.2. The van der Waals surface area contributed by atoms with E-state index in [9.17, 15) is 13.2 Å². The number of rotatable bonds is 7. The molecule has 3 aromatic rings. The van der Waals surface area contributed by atoms with Crippen LogP contribution in [0.4, 0.5) is 5.69 Å². The summed E-state index contributed by atoms with van der Waals surface area (Å²) in [6.45, 7) is 2.16. The van der Waals surface area contributed by atoms with Crippen LogP contribution in [0.15, 0.2) is 58.1 Å². The molecule has 10 heteroatoms. The van der Waals surface area contributed by atoms with E-state index in [0.717, 1.165) is 15.6 Å². The minimum atomic E-state index is -4.31. The highest BCUT2D eigenvalue weighted by molar-refractivity contribution is 7.95. The van der Waals surface area contributed by atoms with Gasteiger partial charge in [-0.25, -0.2) is 0 Å². The molecule has 1 unspecified atom stereocenters. The average Bonchev–Trinajstić information content (AvgIpc) is 3.37. The van der Waals surface area contributed by atoms with Crippen molar-refractivity contribution in [3.63, 3.8) is 0 Å². The molecule has 1 aliphatic rings. The Kier molecular flexibility index (Phi) is 5.61. The quantitative estimate of drug-likeness (QED) is 0.560. The number of thiophene rings is 1. The number of benzene rings is 2. The van der Waals surface area contributed by atoms with Gasteiger partial charge in [0, 0.05) is 11.1 Å². The molecule has 1 aliphatic heterocycles. The molecule has 1 aromatic heterocycles. The lowest BCUT2D eigenvalue weighted by molar-refractivity contribution is -0.120. The Morgan fingerprint density at radius 3 is 2.47 bits per heavy atom. The second-order valence-electron chi connectivity index (χ2n) is 6.97. The Bertz CT molecular complexity index is 1290. The number of para-hydroxylation sites is 1. The van der Waals surface area contributed by atoms with Crippen LogP contribution in [0, 0.1) is 0 Å². The lowest BCUT2D eigenvalue weighted by Gasteiger charge is -2.26. The van der Waals surface area contributed by atoms with Gasteiger partial charge in [0.25, 0.3) is 15.9 Å². The molecule has 2 aromatic carbocycles. The second-order valence-corrected chi connectivity index (χ2v) is 9.87. The Morgan fingerprint density at radius 1 is 1.03 bits per heavy atom. The third-order valence-corrected chi connectivity index (χ3v) is 8.39. The smallest absolute Gasteiger partial charge is 0.284 e. The first-order valence-electron chi connectivity index (χ1n) is 9.71. The summed E-state index contributed by atoms with van der Waals surface area (Å²) in [4.78, 5) is 13.9. The van der Waals surface area contributed by atoms with E-state index < -0.39 is 21.5 Å². The van der Waals surface area contributed by atoms with E-state index in [1.54, 1.807) is 41.8 Å². The van der Waals surface area contributed by atoms with Gasteiger partial charge in [0.15, 0.2) is 9.75 Å². The summed E-state index contributed by atoms with van der Waals surface area (Å²) in [7, 11) is -1.45. The second kappa shape index (κ2) is 8.12. The molecule has 1 atom stereocenters. The molecule has 0 spiro atoms. The van der Waals surface area contributed by atoms with Crippen molar-refractivity contribution in [2.45, 2.75) is 16.7 Å². The van der Waals surface area contributed by atoms with Crippen LogP contribution in [0.25, 0.3) is 0 Å². The van der Waals surface area contributed by atoms with Gasteiger partial charge in [-0.05, 0) is 42.6 Å². The topological polar surface area (TPSA) is 108 Å². The minimum absolute atomic E-state index is 0.0857. The van der Waals surface area contributed by atoms with Crippen LogP contribution < -0.4 is 24.2 Å². The highest BCUT2D eigenvalue weighted by Crippen LogP contribution is 2.49. The number of methoxy groups -OCH3 is 2. The Morgan fingerprint density at radius 2 is 1.78 bits per heavy atom. The molecule has 0 radical (unpaired) electrons. The molecule has 0 saturated carbocycles. The van der Waals surface area contributed by atoms with Crippen LogP contribution in [0.1, 0.15) is 18.1 Å². The third kappa shape index (κ3) is 3.14. The average molecular weight is 475 g/mol. The van der Waals surface area contributed by atoms with Crippen LogP contribution in [-0.4, -0.2) is 35.2 Å². The molecule has 32 heavy (non-hydrogen) atoms. The van der Waals surface area contributed by atoms with Gasteiger partial charge in [-0.3, -0.25) is 4.79 Å². The van der Waals surface area contributed by atoms with Crippen molar-refractivity contribution >= 4 is 33.0 Å². The number of hydrogen-bond donors (Lipinski definition) is 1. The number of ether oxygens (including phenoxy) is 3. The summed E-state index contributed by atoms with van der Waals surface area (Å²) in [5.74, 6) is 0.172. The summed E-state index contributed by atoms with van der Waals surface area (Å²) in [6, 6.07) is 13.0. The van der Waals surface area contributed by atoms with Gasteiger partial charge in [0.1, 0.15) is 17.2 Å². The summed E-state index contributed by atoms with van der Waals surface area (Å²) in [6.07, 6.45) is 0. The van der Waals surface area contributed by atoms with Crippen LogP contribution in [0.2, 0.25) is 0 Å². The summed E-state index contributed by atoms with van der Waals surface area (Å²) >= 11 is 0.962. The molecule has 4 rings (SSSR count). The molecule has 2 heterocycles. The molecule has 1 amide bonds. The zero-order chi connectivity index (χ0) is 23.1. The van der Waals surface area contributed by atoms with Crippen molar-refractivity contribution in [3.05, 3.63) is 65.0 Å². The number of sulfonamides is 1. The molecular weight excluding hydrogens is 452 g/mol. The number of carbonyl (C=O) groups is 1. The monoisotopic (exact) mass is 474 g/mol. The Labute approximate surface area is 190 Å². The highest BCUT2D eigenvalue weighted by atomic mass is 32.2. The van der Waals surface area contributed by atoms with Gasteiger partial charge in [-0.15, -0.1) is 11.3 Å². The highest BCUT2D eigenvalue weighted by Gasteiger charge is 2.55. The van der Waals surface area contributed by atoms with Gasteiger partial charge in [-0.1, -0.05) is 18.2 Å². The number of hydrogen-bond acceptors (Lipinski definition) is 8. The molecule has 0 fully saturated rings. The Balaban J connectivity index is 1.99. The number of carbonyl (C=O) groups excluding carboxylic acids is 1. The van der Waals surface area contributed by atoms with E-state index in [4.69, 9.17) is 19.9 Å². The van der Waals surface area contributed by atoms with Crippen LogP contribution in [0.5, 0.6) is 17.2 Å². The van der Waals surface area contributed by atoms with Crippen molar-refractivity contribution in [1.82, 2.24) is 0 Å². The summed E-state index contributed by atoms with van der Waals surface area (Å²) in [5, 5.41) is 1.58. The zero-order valence-corrected chi connectivity index (χ0v) is 19.3. The van der Waals surface area contributed by atoms with Crippen molar-refractivity contribution in [2.75, 3.05) is 25.1 Å². The number of fused-ring (bicyclic) bond motifs is 1. The molecule has 0 bridgehead atoms. The predicted octanol–water partition coefficient (Wildman–Crippen LogP) is 3.10. The molecule has 8 nitrogen and oxygen atoms in total. The van der Waals surface area contributed by atoms with Gasteiger partial charge < -0.3 is 19.9 Å². The number of nitrogens with two attached hydrogens (primary N) is 1. The minimum Gasteiger partial charge on any atom is -0.497 e. The maximum Gasteiger partial charge on any atom is 0.284 e. The molecule has 0 saturated heterocycles. The number of amides is 1. The number of anilines is 1. The van der Waals surface area contributed by atoms with Gasteiger partial charge >= 0.3 is 0 Å². The van der Waals surface area contributed by atoms with Crippen LogP contribution in [-0.2, 0) is 20.4 Å². The number of nitrogens with zero attached hydrogens (tertiary/aromatic N) is 1. The zero-order valence-electron chi connectivity index (χ0n) is 17.7. The van der Waals surface area contributed by atoms with Gasteiger partial charge in [0.2, 0.25) is 0 Å². The van der Waals surface area contributed by atoms with E-state index in [2.05, 4.69) is 0 Å². The van der Waals surface area contributed by atoms with Crippen molar-refractivity contribution < 1.29 is 27.4 Å². The normalized spacial score (nSPS) is 17.9. The Hall–Kier alpha value is -3.08. The SMILES string of the molecule is CCOc1ccccc1C1(N)C(=O)N(S(=O)(=O)c2sccc2OC)c2ccc(OC)cc21. The van der Waals surface area contributed by atoms with E-state index in [0.29, 0.717) is 29.2 Å². The first-order valence-corrected chi connectivity index (χ1v) is 12.0. The first kappa shape index (κ1) is 22.1. The fraction of sp³-hybridized carbons (Fsp3) is 0.227. The van der Waals surface area contributed by atoms with Crippen molar-refractivity contribution in [3.8, 4) is 17.2 Å². The van der Waals surface area contributed by atoms with E-state index >= 15 is 0 Å². The lowest BCUT2D eigenvalue weighted by atomic mass is 9.84. The fourth-order valence-electron chi connectivity index (χ4n) is 3.80. The van der Waals surface area contributed by atoms with Gasteiger partial charge in [0.05, 0.1) is 26.5 Å². The van der Waals surface area contributed by atoms with E-state index in [-0.39, 0.29) is 15.6 Å². The van der Waals surface area contributed by atoms with E-state index in [1.807, 2.05) is 6.92 Å². The lowest BCUT2D eigenvalue weighted by Crippen LogP contribution is -2.49. The fourth-order valence-corrected chi connectivity index (χ4v) is 6.61. The van der Waals surface area contributed by atoms with Crippen molar-refractivity contribution in [1.29, 1.82) is 0 Å². The molecule has 2 N–H and O–H groups in total. The van der Waals surface area contributed by atoms with Gasteiger partial charge in [-0.2, -0.15) is 12.7 Å². The van der Waals surface area contributed by atoms with E-state index in [1.165, 1.54) is 26.4 Å². The standard InChI is InChI=1S/C22H22N2O6S2/c1-4-30-18-8-6-5-7-15(18)22(23)16-13-14(28-2)9-10-17(16)24(21(22)25)32(26,27)20-19(29-3)11-12-31-20/h5-13H,4,23H2,1-3H3. The summed E-state index contributed by atoms with van der Waals surface area (Å²) in [5.41, 5.74) is 5.78. The largest absolute Gasteiger partial charge is 0.497 e. The van der Waals surface area contributed by atoms with Crippen LogP contribution in [0.3, 0.4) is 0 Å². The molecular formula is C22H22N2O6S2. The third-order valence-electron chi connectivity index (χ3n) is 5.27. The molecule has 0 aliphatic carbocycles. The molecule has 168 valence electrons. The van der Waals surface area contributed by atoms with Crippen LogP contribution >= 0.6 is 11.3 Å². The van der Waals surface area contributed by atoms with Crippen molar-refractivity contribution in [2.24, 2.45) is 5.73 Å².